The average molecular weight is 392 g/mol. The fourth-order valence-corrected chi connectivity index (χ4v) is 3.53. The van der Waals surface area contributed by atoms with E-state index in [2.05, 4.69) is 4.98 Å². The van der Waals surface area contributed by atoms with Gasteiger partial charge in [-0.1, -0.05) is 36.4 Å². The molecule has 1 aromatic carbocycles. The Morgan fingerprint density at radius 3 is 2.52 bits per heavy atom. The van der Waals surface area contributed by atoms with E-state index >= 15 is 0 Å². The molecule has 3 aromatic rings. The third-order valence-corrected chi connectivity index (χ3v) is 5.13. The molecule has 0 unspecified atom stereocenters. The lowest BCUT2D eigenvalue weighted by Crippen LogP contribution is -2.41. The van der Waals surface area contributed by atoms with Crippen LogP contribution in [0.3, 0.4) is 0 Å². The molecule has 0 N–H and O–H groups in total. The van der Waals surface area contributed by atoms with Gasteiger partial charge < -0.3 is 14.5 Å². The third-order valence-electron chi connectivity index (χ3n) is 5.13. The molecular weight excluding hydrogens is 368 g/mol. The zero-order valence-electron chi connectivity index (χ0n) is 16.5. The molecule has 1 saturated heterocycles. The van der Waals surface area contributed by atoms with Crippen molar-refractivity contribution in [3.05, 3.63) is 71.8 Å². The van der Waals surface area contributed by atoms with Gasteiger partial charge in [0.25, 0.3) is 11.8 Å². The molecule has 0 bridgehead atoms. The standard InChI is InChI=1S/C22H24N4O3/c1-2-24(16-17-8-4-3-5-9-17)22(28)20-23-19(18-10-6-7-11-26(18)20)21(27)25-12-14-29-15-13-25/h3-11H,2,12-16H2,1H3. The van der Waals surface area contributed by atoms with Gasteiger partial charge in [0.1, 0.15) is 0 Å². The molecule has 4 rings (SSSR count). The number of amides is 2. The van der Waals surface area contributed by atoms with Crippen molar-refractivity contribution < 1.29 is 14.3 Å². The molecule has 1 aliphatic rings. The molecule has 3 heterocycles. The number of rotatable bonds is 5. The van der Waals surface area contributed by atoms with Crippen LogP contribution in [-0.2, 0) is 11.3 Å². The van der Waals surface area contributed by atoms with Gasteiger partial charge in [-0.05, 0) is 24.6 Å². The molecule has 150 valence electrons. The maximum Gasteiger partial charge on any atom is 0.290 e. The first kappa shape index (κ1) is 19.1. The van der Waals surface area contributed by atoms with Crippen molar-refractivity contribution in [3.8, 4) is 0 Å². The van der Waals surface area contributed by atoms with E-state index in [1.165, 1.54) is 0 Å². The van der Waals surface area contributed by atoms with Gasteiger partial charge in [0, 0.05) is 32.4 Å². The summed E-state index contributed by atoms with van der Waals surface area (Å²) in [5.41, 5.74) is 2.00. The highest BCUT2D eigenvalue weighted by atomic mass is 16.5. The molecular formula is C22H24N4O3. The number of morpholine rings is 1. The number of carbonyl (C=O) groups excluding carboxylic acids is 2. The number of carbonyl (C=O) groups is 2. The zero-order chi connectivity index (χ0) is 20.2. The molecule has 29 heavy (non-hydrogen) atoms. The molecule has 1 aliphatic heterocycles. The van der Waals surface area contributed by atoms with Crippen molar-refractivity contribution >= 4 is 17.3 Å². The van der Waals surface area contributed by atoms with Gasteiger partial charge in [-0.15, -0.1) is 0 Å². The second kappa shape index (κ2) is 8.45. The maximum atomic E-state index is 13.3. The fourth-order valence-electron chi connectivity index (χ4n) is 3.53. The molecule has 0 saturated carbocycles. The minimum absolute atomic E-state index is 0.165. The number of fused-ring (bicyclic) bond motifs is 1. The zero-order valence-corrected chi connectivity index (χ0v) is 16.5. The van der Waals surface area contributed by atoms with Crippen LogP contribution < -0.4 is 0 Å². The molecule has 1 fully saturated rings. The number of aromatic nitrogens is 2. The number of nitrogens with zero attached hydrogens (tertiary/aromatic N) is 4. The van der Waals surface area contributed by atoms with E-state index in [0.29, 0.717) is 50.6 Å². The predicted octanol–water partition coefficient (Wildman–Crippen LogP) is 2.47. The van der Waals surface area contributed by atoms with E-state index in [4.69, 9.17) is 4.74 Å². The van der Waals surface area contributed by atoms with E-state index in [9.17, 15) is 9.59 Å². The van der Waals surface area contributed by atoms with Gasteiger partial charge in [0.2, 0.25) is 5.82 Å². The van der Waals surface area contributed by atoms with Gasteiger partial charge in [-0.3, -0.25) is 14.0 Å². The number of hydrogen-bond donors (Lipinski definition) is 0. The Labute approximate surface area is 169 Å². The number of imidazole rings is 1. The van der Waals surface area contributed by atoms with Gasteiger partial charge in [-0.25, -0.2) is 4.98 Å². The lowest BCUT2D eigenvalue weighted by Gasteiger charge is -2.26. The van der Waals surface area contributed by atoms with Crippen molar-refractivity contribution in [2.24, 2.45) is 0 Å². The van der Waals surface area contributed by atoms with E-state index in [1.54, 1.807) is 20.4 Å². The Balaban J connectivity index is 1.68. The minimum atomic E-state index is -0.196. The number of benzene rings is 1. The predicted molar refractivity (Wildman–Crippen MR) is 109 cm³/mol. The number of pyridine rings is 1. The lowest BCUT2D eigenvalue weighted by atomic mass is 10.2. The van der Waals surface area contributed by atoms with E-state index in [-0.39, 0.29) is 17.6 Å². The largest absolute Gasteiger partial charge is 0.378 e. The van der Waals surface area contributed by atoms with E-state index < -0.39 is 0 Å². The summed E-state index contributed by atoms with van der Waals surface area (Å²) in [7, 11) is 0. The Bertz CT molecular complexity index is 1010. The summed E-state index contributed by atoms with van der Waals surface area (Å²) in [6.45, 7) is 5.07. The highest BCUT2D eigenvalue weighted by Gasteiger charge is 2.28. The van der Waals surface area contributed by atoms with Crippen LogP contribution in [0.15, 0.2) is 54.7 Å². The van der Waals surface area contributed by atoms with Crippen LogP contribution in [0.1, 0.15) is 33.6 Å². The summed E-state index contributed by atoms with van der Waals surface area (Å²) in [5, 5.41) is 0. The first-order valence-corrected chi connectivity index (χ1v) is 9.86. The Kier molecular flexibility index (Phi) is 5.57. The molecule has 7 heteroatoms. The van der Waals surface area contributed by atoms with Crippen LogP contribution in [0.2, 0.25) is 0 Å². The maximum absolute atomic E-state index is 13.3. The monoisotopic (exact) mass is 392 g/mol. The van der Waals surface area contributed by atoms with Crippen LogP contribution in [0, 0.1) is 0 Å². The molecule has 0 atom stereocenters. The molecule has 0 aliphatic carbocycles. The van der Waals surface area contributed by atoms with Crippen molar-refractivity contribution in [1.82, 2.24) is 19.2 Å². The quantitative estimate of drug-likeness (QED) is 0.669. The van der Waals surface area contributed by atoms with Crippen molar-refractivity contribution in [2.45, 2.75) is 13.5 Å². The molecule has 0 radical (unpaired) electrons. The summed E-state index contributed by atoms with van der Waals surface area (Å²) in [6.07, 6.45) is 1.78. The first-order valence-electron chi connectivity index (χ1n) is 9.86. The highest BCUT2D eigenvalue weighted by Crippen LogP contribution is 2.18. The summed E-state index contributed by atoms with van der Waals surface area (Å²) in [5.74, 6) is -0.101. The second-order valence-corrected chi connectivity index (χ2v) is 6.95. The molecule has 2 amide bonds. The Hall–Kier alpha value is -3.19. The summed E-state index contributed by atoms with van der Waals surface area (Å²) in [6, 6.07) is 15.4. The average Bonchev–Trinajstić information content (AvgIpc) is 3.17. The smallest absolute Gasteiger partial charge is 0.290 e. The Morgan fingerprint density at radius 1 is 1.07 bits per heavy atom. The minimum Gasteiger partial charge on any atom is -0.378 e. The molecule has 2 aromatic heterocycles. The van der Waals surface area contributed by atoms with Crippen molar-refractivity contribution in [2.75, 3.05) is 32.8 Å². The highest BCUT2D eigenvalue weighted by molar-refractivity contribution is 6.02. The first-order chi connectivity index (χ1) is 14.2. The van der Waals surface area contributed by atoms with E-state index in [1.807, 2.05) is 55.5 Å². The van der Waals surface area contributed by atoms with Crippen molar-refractivity contribution in [3.63, 3.8) is 0 Å². The SMILES string of the molecule is CCN(Cc1ccccc1)C(=O)c1nc(C(=O)N2CCOCC2)c2ccccn12. The van der Waals surface area contributed by atoms with Crippen molar-refractivity contribution in [1.29, 1.82) is 0 Å². The fraction of sp³-hybridized carbons (Fsp3) is 0.318. The number of ether oxygens (including phenoxy) is 1. The third kappa shape index (κ3) is 3.86. The molecule has 0 spiro atoms. The second-order valence-electron chi connectivity index (χ2n) is 6.95. The van der Waals surface area contributed by atoms with Crippen LogP contribution in [-0.4, -0.2) is 63.8 Å². The van der Waals surface area contributed by atoms with Crippen LogP contribution in [0.4, 0.5) is 0 Å². The number of hydrogen-bond acceptors (Lipinski definition) is 4. The van der Waals surface area contributed by atoms with E-state index in [0.717, 1.165) is 5.56 Å². The van der Waals surface area contributed by atoms with Crippen LogP contribution in [0.25, 0.3) is 5.52 Å². The topological polar surface area (TPSA) is 67.2 Å². The molecule has 7 nitrogen and oxygen atoms in total. The lowest BCUT2D eigenvalue weighted by molar-refractivity contribution is 0.0300. The van der Waals surface area contributed by atoms with Gasteiger partial charge in [0.05, 0.1) is 18.7 Å². The summed E-state index contributed by atoms with van der Waals surface area (Å²) < 4.78 is 7.05. The van der Waals surface area contributed by atoms with Gasteiger partial charge in [0.15, 0.2) is 5.69 Å². The summed E-state index contributed by atoms with van der Waals surface area (Å²) in [4.78, 5) is 34.3. The van der Waals surface area contributed by atoms with Crippen LogP contribution in [0.5, 0.6) is 0 Å². The normalized spacial score (nSPS) is 14.2. The van der Waals surface area contributed by atoms with Gasteiger partial charge >= 0.3 is 0 Å². The van der Waals surface area contributed by atoms with Crippen LogP contribution >= 0.6 is 0 Å². The summed E-state index contributed by atoms with van der Waals surface area (Å²) >= 11 is 0. The Morgan fingerprint density at radius 2 is 1.79 bits per heavy atom. The van der Waals surface area contributed by atoms with Gasteiger partial charge in [-0.2, -0.15) is 0 Å².